The molecule has 3 aromatic heterocycles. The first-order valence-electron chi connectivity index (χ1n) is 11.2. The first kappa shape index (κ1) is 24.5. The molecule has 0 saturated heterocycles. The number of aliphatic hydroxyl groups excluding tert-OH is 1. The lowest BCUT2D eigenvalue weighted by Gasteiger charge is -2.14. The van der Waals surface area contributed by atoms with E-state index in [-0.39, 0.29) is 41.8 Å². The van der Waals surface area contributed by atoms with Gasteiger partial charge < -0.3 is 19.5 Å². The Kier molecular flexibility index (Phi) is 6.39. The van der Waals surface area contributed by atoms with E-state index in [1.807, 2.05) is 30.3 Å². The number of imidazole rings is 1. The summed E-state index contributed by atoms with van der Waals surface area (Å²) in [6, 6.07) is 14.4. The van der Waals surface area contributed by atoms with Crippen LogP contribution >= 0.6 is 15.9 Å². The van der Waals surface area contributed by atoms with Crippen LogP contribution < -0.4 is 16.0 Å². The predicted molar refractivity (Wildman–Crippen MR) is 140 cm³/mol. The third-order valence-electron chi connectivity index (χ3n) is 5.91. The lowest BCUT2D eigenvalue weighted by molar-refractivity contribution is 0.0937. The molecule has 12 nitrogen and oxygen atoms in total. The molecule has 0 unspecified atom stereocenters. The number of aliphatic hydroxyl groups is 1. The number of halogens is 1. The Morgan fingerprint density at radius 3 is 2.62 bits per heavy atom. The normalized spacial score (nSPS) is 12.6. The fourth-order valence-electron chi connectivity index (χ4n) is 4.02. The number of aryl methyl sites for hydroxylation is 2. The van der Waals surface area contributed by atoms with Gasteiger partial charge in [0.05, 0.1) is 12.1 Å². The summed E-state index contributed by atoms with van der Waals surface area (Å²) < 4.78 is 10.5. The molecule has 0 bridgehead atoms. The summed E-state index contributed by atoms with van der Waals surface area (Å²) in [5, 5.41) is 30.5. The first-order valence-corrected chi connectivity index (χ1v) is 12.0. The van der Waals surface area contributed by atoms with Crippen LogP contribution in [0.1, 0.15) is 0 Å². The molecule has 3 N–H and O–H groups in total. The fraction of sp³-hybridized carbons (Fsp3) is 0.208. The summed E-state index contributed by atoms with van der Waals surface area (Å²) in [5.74, 6) is 0.433. The summed E-state index contributed by atoms with van der Waals surface area (Å²) in [5.41, 5.74) is -0.276. The molecule has 0 aliphatic rings. The van der Waals surface area contributed by atoms with E-state index in [0.717, 1.165) is 9.99 Å². The molecule has 1 atom stereocenters. The largest absolute Gasteiger partial charge is 0.493 e. The highest BCUT2D eigenvalue weighted by atomic mass is 79.9. The van der Waals surface area contributed by atoms with Gasteiger partial charge in [0, 0.05) is 24.0 Å². The summed E-state index contributed by atoms with van der Waals surface area (Å²) in [6.45, 7) is -0.186. The van der Waals surface area contributed by atoms with Crippen molar-refractivity contribution in [2.24, 2.45) is 24.3 Å². The van der Waals surface area contributed by atoms with Gasteiger partial charge in [0.2, 0.25) is 5.88 Å². The fourth-order valence-corrected chi connectivity index (χ4v) is 4.38. The predicted octanol–water partition coefficient (Wildman–Crippen LogP) is 3.24. The molecule has 5 aromatic rings. The maximum atomic E-state index is 12.7. The SMILES string of the molecule is Cn1c(O)c(N=Nc2nc3c(c(=O)[nH]c(=O)n3C)n2C[C@@H](O)COc2ccccc2)c2cc(Br)ccc21. The second kappa shape index (κ2) is 9.67. The molecule has 5 rings (SSSR count). The van der Waals surface area contributed by atoms with Crippen LogP contribution in [-0.4, -0.2) is 46.6 Å². The molecule has 0 spiro atoms. The average Bonchev–Trinajstić information content (AvgIpc) is 3.35. The number of nitrogens with zero attached hydrogens (tertiary/aromatic N) is 6. The molecule has 0 aliphatic heterocycles. The smallest absolute Gasteiger partial charge is 0.329 e. The van der Waals surface area contributed by atoms with Crippen LogP contribution in [0.2, 0.25) is 0 Å². The molecule has 0 radical (unpaired) electrons. The highest BCUT2D eigenvalue weighted by Gasteiger charge is 2.21. The van der Waals surface area contributed by atoms with Crippen LogP contribution in [0.3, 0.4) is 0 Å². The van der Waals surface area contributed by atoms with E-state index in [1.165, 1.54) is 16.2 Å². The Balaban J connectivity index is 1.57. The first-order chi connectivity index (χ1) is 17.7. The third kappa shape index (κ3) is 4.54. The minimum Gasteiger partial charge on any atom is -0.493 e. The number of aromatic hydroxyl groups is 1. The second-order valence-corrected chi connectivity index (χ2v) is 9.30. The summed E-state index contributed by atoms with van der Waals surface area (Å²) in [4.78, 5) is 31.5. The van der Waals surface area contributed by atoms with E-state index >= 15 is 0 Å². The van der Waals surface area contributed by atoms with E-state index in [0.29, 0.717) is 11.1 Å². The van der Waals surface area contributed by atoms with Gasteiger partial charge in [-0.1, -0.05) is 34.1 Å². The van der Waals surface area contributed by atoms with Crippen molar-refractivity contribution in [1.29, 1.82) is 0 Å². The zero-order chi connectivity index (χ0) is 26.3. The van der Waals surface area contributed by atoms with Crippen LogP contribution in [0.15, 0.2) is 72.8 Å². The average molecular weight is 568 g/mol. The minimum absolute atomic E-state index is 0.0353. The topological polar surface area (TPSA) is 152 Å². The number of azo groups is 1. The van der Waals surface area contributed by atoms with Crippen molar-refractivity contribution in [1.82, 2.24) is 23.7 Å². The zero-order valence-electron chi connectivity index (χ0n) is 19.8. The number of aromatic nitrogens is 5. The van der Waals surface area contributed by atoms with Gasteiger partial charge in [0.25, 0.3) is 11.5 Å². The molecule has 13 heteroatoms. The van der Waals surface area contributed by atoms with Gasteiger partial charge >= 0.3 is 5.69 Å². The Hall–Kier alpha value is -4.23. The van der Waals surface area contributed by atoms with Crippen LogP contribution in [0.25, 0.3) is 22.1 Å². The van der Waals surface area contributed by atoms with Crippen molar-refractivity contribution < 1.29 is 14.9 Å². The minimum atomic E-state index is -1.05. The number of para-hydroxylation sites is 1. The van der Waals surface area contributed by atoms with Crippen molar-refractivity contribution in [3.63, 3.8) is 0 Å². The number of fused-ring (bicyclic) bond motifs is 2. The molecule has 0 fully saturated rings. The quantitative estimate of drug-likeness (QED) is 0.257. The molecule has 3 heterocycles. The van der Waals surface area contributed by atoms with E-state index in [4.69, 9.17) is 4.74 Å². The van der Waals surface area contributed by atoms with Gasteiger partial charge in [-0.2, -0.15) is 4.98 Å². The van der Waals surface area contributed by atoms with Crippen molar-refractivity contribution in [2.45, 2.75) is 12.6 Å². The van der Waals surface area contributed by atoms with Crippen LogP contribution in [0.4, 0.5) is 11.6 Å². The number of benzene rings is 2. The third-order valence-corrected chi connectivity index (χ3v) is 6.40. The van der Waals surface area contributed by atoms with Crippen molar-refractivity contribution in [3.05, 3.63) is 73.8 Å². The summed E-state index contributed by atoms with van der Waals surface area (Å²) >= 11 is 3.42. The number of nitrogens with one attached hydrogen (secondary N) is 1. The summed E-state index contributed by atoms with van der Waals surface area (Å²) in [6.07, 6.45) is -1.05. The van der Waals surface area contributed by atoms with Gasteiger partial charge in [-0.3, -0.25) is 18.9 Å². The lowest BCUT2D eigenvalue weighted by Crippen LogP contribution is -2.30. The molecule has 0 amide bonds. The van der Waals surface area contributed by atoms with Crippen LogP contribution in [0, 0.1) is 0 Å². The zero-order valence-corrected chi connectivity index (χ0v) is 21.4. The van der Waals surface area contributed by atoms with Crippen molar-refractivity contribution >= 4 is 49.6 Å². The number of H-pyrrole nitrogens is 1. The highest BCUT2D eigenvalue weighted by molar-refractivity contribution is 9.10. The molecule has 2 aromatic carbocycles. The van der Waals surface area contributed by atoms with Gasteiger partial charge in [-0.15, -0.1) is 10.2 Å². The van der Waals surface area contributed by atoms with Crippen LogP contribution in [0.5, 0.6) is 11.6 Å². The van der Waals surface area contributed by atoms with Crippen molar-refractivity contribution in [3.8, 4) is 11.6 Å². The van der Waals surface area contributed by atoms with Crippen LogP contribution in [-0.2, 0) is 20.6 Å². The number of aromatic amines is 1. The maximum Gasteiger partial charge on any atom is 0.329 e. The second-order valence-electron chi connectivity index (χ2n) is 8.38. The number of ether oxygens (including phenoxy) is 1. The van der Waals surface area contributed by atoms with Gasteiger partial charge in [-0.05, 0) is 30.3 Å². The Labute approximate surface area is 217 Å². The van der Waals surface area contributed by atoms with Crippen molar-refractivity contribution in [2.75, 3.05) is 6.61 Å². The van der Waals surface area contributed by atoms with Gasteiger partial charge in [-0.25, -0.2) is 4.79 Å². The number of rotatable bonds is 7. The summed E-state index contributed by atoms with van der Waals surface area (Å²) in [7, 11) is 3.15. The van der Waals surface area contributed by atoms with E-state index in [9.17, 15) is 19.8 Å². The highest BCUT2D eigenvalue weighted by Crippen LogP contribution is 2.39. The number of hydrogen-bond donors (Lipinski definition) is 3. The molecule has 190 valence electrons. The molecular formula is C24H22BrN7O5. The monoisotopic (exact) mass is 567 g/mol. The van der Waals surface area contributed by atoms with Gasteiger partial charge in [0.1, 0.15) is 18.5 Å². The van der Waals surface area contributed by atoms with E-state index in [1.54, 1.807) is 29.8 Å². The molecule has 0 saturated carbocycles. The van der Waals surface area contributed by atoms with E-state index in [2.05, 4.69) is 36.1 Å². The van der Waals surface area contributed by atoms with E-state index < -0.39 is 17.4 Å². The molecule has 0 aliphatic carbocycles. The lowest BCUT2D eigenvalue weighted by atomic mass is 10.2. The Morgan fingerprint density at radius 2 is 1.86 bits per heavy atom. The maximum absolute atomic E-state index is 12.7. The Bertz CT molecular complexity index is 1770. The standard InChI is InChI=1S/C24H22BrN7O5/c1-30-17-9-8-13(25)10-16(17)18(22(30)35)28-29-23-26-20-19(21(34)27-24(36)31(20)2)32(23)11-14(33)12-37-15-6-4-3-5-7-15/h3-10,14,33,35H,11-12H2,1-2H3,(H,27,34,36)/t14-/m1/s1. The van der Waals surface area contributed by atoms with Gasteiger partial charge in [0.15, 0.2) is 16.9 Å². The Morgan fingerprint density at radius 1 is 1.11 bits per heavy atom. The molecular weight excluding hydrogens is 546 g/mol. The molecule has 37 heavy (non-hydrogen) atoms. The number of hydrogen-bond acceptors (Lipinski definition) is 8.